The van der Waals surface area contributed by atoms with Gasteiger partial charge in [0.2, 0.25) is 7.98 Å². The highest BCUT2D eigenvalue weighted by Crippen LogP contribution is 2.01. The highest BCUT2D eigenvalue weighted by atomic mass is 15.0. The second-order valence-corrected chi connectivity index (χ2v) is 1.91. The molecule has 0 saturated heterocycles. The van der Waals surface area contributed by atoms with E-state index in [1.807, 2.05) is 31.4 Å². The van der Waals surface area contributed by atoms with Crippen LogP contribution in [0, 0.1) is 0 Å². The molecule has 0 aromatic rings. The van der Waals surface area contributed by atoms with E-state index in [0.717, 1.165) is 0 Å². The van der Waals surface area contributed by atoms with Crippen molar-refractivity contribution in [2.75, 3.05) is 0 Å². The minimum atomic E-state index is 0.347. The third-order valence-electron chi connectivity index (χ3n) is 1.23. The standard InChI is InChI=1S/C6H8BN/c1-6-4-2-3-5-8(6)7/h2-6H,1H3. The first kappa shape index (κ1) is 5.48. The largest absolute Gasteiger partial charge is 0.425 e. The molecule has 1 rings (SSSR count). The lowest BCUT2D eigenvalue weighted by atomic mass is 10.1. The molecule has 2 radical (unpaired) electrons. The van der Waals surface area contributed by atoms with Gasteiger partial charge in [0.25, 0.3) is 0 Å². The molecule has 1 heterocycles. The lowest BCUT2D eigenvalue weighted by molar-refractivity contribution is 0.530. The predicted octanol–water partition coefficient (Wildman–Crippen LogP) is 0.844. The van der Waals surface area contributed by atoms with Crippen molar-refractivity contribution in [3.63, 3.8) is 0 Å². The van der Waals surface area contributed by atoms with Crippen molar-refractivity contribution in [2.45, 2.75) is 13.0 Å². The molecule has 1 aliphatic heterocycles. The summed E-state index contributed by atoms with van der Waals surface area (Å²) >= 11 is 0. The number of hydrogen-bond acceptors (Lipinski definition) is 1. The number of rotatable bonds is 0. The molecule has 1 aliphatic rings. The van der Waals surface area contributed by atoms with Crippen molar-refractivity contribution in [1.29, 1.82) is 0 Å². The van der Waals surface area contributed by atoms with Gasteiger partial charge in [0.1, 0.15) is 0 Å². The van der Waals surface area contributed by atoms with E-state index in [1.165, 1.54) is 0 Å². The van der Waals surface area contributed by atoms with Crippen LogP contribution < -0.4 is 0 Å². The van der Waals surface area contributed by atoms with E-state index in [-0.39, 0.29) is 0 Å². The van der Waals surface area contributed by atoms with E-state index in [9.17, 15) is 0 Å². The molecule has 1 nitrogen and oxygen atoms in total. The summed E-state index contributed by atoms with van der Waals surface area (Å²) < 4.78 is 0. The zero-order valence-corrected chi connectivity index (χ0v) is 4.91. The highest BCUT2D eigenvalue weighted by Gasteiger charge is 2.00. The minimum Gasteiger partial charge on any atom is -0.425 e. The zero-order chi connectivity index (χ0) is 5.98. The molecule has 0 aromatic heterocycles. The van der Waals surface area contributed by atoms with E-state index in [4.69, 9.17) is 7.98 Å². The van der Waals surface area contributed by atoms with Gasteiger partial charge in [-0.3, -0.25) is 0 Å². The first-order valence-electron chi connectivity index (χ1n) is 2.69. The van der Waals surface area contributed by atoms with Crippen LogP contribution in [-0.2, 0) is 0 Å². The maximum absolute atomic E-state index is 5.47. The fourth-order valence-corrected chi connectivity index (χ4v) is 0.609. The van der Waals surface area contributed by atoms with E-state index in [2.05, 4.69) is 0 Å². The van der Waals surface area contributed by atoms with Crippen LogP contribution in [0.25, 0.3) is 0 Å². The first-order valence-corrected chi connectivity index (χ1v) is 2.69. The summed E-state index contributed by atoms with van der Waals surface area (Å²) in [4.78, 5) is 1.67. The van der Waals surface area contributed by atoms with E-state index >= 15 is 0 Å². The molecular formula is C6H8BN. The summed E-state index contributed by atoms with van der Waals surface area (Å²) in [7, 11) is 5.47. The van der Waals surface area contributed by atoms with Gasteiger partial charge in [-0.05, 0) is 19.2 Å². The molecular weight excluding hydrogens is 96.9 g/mol. The second-order valence-electron chi connectivity index (χ2n) is 1.91. The molecule has 0 N–H and O–H groups in total. The number of hydrogen-bond donors (Lipinski definition) is 0. The molecule has 1 atom stereocenters. The lowest BCUT2D eigenvalue weighted by Crippen LogP contribution is -2.24. The Hall–Kier alpha value is -0.655. The van der Waals surface area contributed by atoms with E-state index in [1.54, 1.807) is 4.81 Å². The van der Waals surface area contributed by atoms with Gasteiger partial charge in [-0.1, -0.05) is 12.2 Å². The first-order chi connectivity index (χ1) is 3.80. The van der Waals surface area contributed by atoms with Crippen LogP contribution in [0.4, 0.5) is 0 Å². The summed E-state index contributed by atoms with van der Waals surface area (Å²) in [5, 5.41) is 0. The van der Waals surface area contributed by atoms with Crippen LogP contribution in [0.2, 0.25) is 0 Å². The third-order valence-corrected chi connectivity index (χ3v) is 1.23. The SMILES string of the molecule is [B]N1C=CC=CC1C. The fraction of sp³-hybridized carbons (Fsp3) is 0.333. The molecule has 1 unspecified atom stereocenters. The Morgan fingerprint density at radius 2 is 2.25 bits per heavy atom. The molecule has 0 bridgehead atoms. The fourth-order valence-electron chi connectivity index (χ4n) is 0.609. The lowest BCUT2D eigenvalue weighted by Gasteiger charge is -2.22. The Kier molecular flexibility index (Phi) is 1.42. The predicted molar refractivity (Wildman–Crippen MR) is 35.3 cm³/mol. The monoisotopic (exact) mass is 105 g/mol. The van der Waals surface area contributed by atoms with Gasteiger partial charge < -0.3 is 4.81 Å². The summed E-state index contributed by atoms with van der Waals surface area (Å²) in [6, 6.07) is 0.347. The Morgan fingerprint density at radius 3 is 2.62 bits per heavy atom. The van der Waals surface area contributed by atoms with Crippen molar-refractivity contribution in [2.24, 2.45) is 0 Å². The maximum Gasteiger partial charge on any atom is 0.226 e. The highest BCUT2D eigenvalue weighted by molar-refractivity contribution is 6.05. The summed E-state index contributed by atoms with van der Waals surface area (Å²) in [6.45, 7) is 2.04. The molecule has 40 valence electrons. The van der Waals surface area contributed by atoms with E-state index in [0.29, 0.717) is 6.04 Å². The number of allylic oxidation sites excluding steroid dienone is 2. The van der Waals surface area contributed by atoms with Crippen LogP contribution >= 0.6 is 0 Å². The summed E-state index contributed by atoms with van der Waals surface area (Å²) in [6.07, 6.45) is 7.80. The van der Waals surface area contributed by atoms with Crippen LogP contribution in [0.1, 0.15) is 6.92 Å². The summed E-state index contributed by atoms with van der Waals surface area (Å²) in [5.41, 5.74) is 0. The average molecular weight is 105 g/mol. The molecule has 0 amide bonds. The van der Waals surface area contributed by atoms with Gasteiger partial charge in [-0.2, -0.15) is 0 Å². The zero-order valence-electron chi connectivity index (χ0n) is 4.91. The summed E-state index contributed by atoms with van der Waals surface area (Å²) in [5.74, 6) is 0. The molecule has 0 aliphatic carbocycles. The van der Waals surface area contributed by atoms with Gasteiger partial charge in [0.15, 0.2) is 0 Å². The van der Waals surface area contributed by atoms with Gasteiger partial charge in [0, 0.05) is 6.04 Å². The van der Waals surface area contributed by atoms with Gasteiger partial charge in [-0.25, -0.2) is 0 Å². The van der Waals surface area contributed by atoms with Crippen LogP contribution in [0.15, 0.2) is 24.4 Å². The van der Waals surface area contributed by atoms with Gasteiger partial charge in [-0.15, -0.1) is 0 Å². The topological polar surface area (TPSA) is 3.24 Å². The van der Waals surface area contributed by atoms with Crippen molar-refractivity contribution < 1.29 is 0 Å². The Balaban J connectivity index is 2.59. The van der Waals surface area contributed by atoms with Crippen LogP contribution in [0.5, 0.6) is 0 Å². The normalized spacial score (nSPS) is 26.6. The van der Waals surface area contributed by atoms with Crippen molar-refractivity contribution >= 4 is 7.98 Å². The van der Waals surface area contributed by atoms with Gasteiger partial charge >= 0.3 is 0 Å². The minimum absolute atomic E-state index is 0.347. The van der Waals surface area contributed by atoms with Crippen molar-refractivity contribution in [1.82, 2.24) is 4.81 Å². The molecule has 2 heteroatoms. The quantitative estimate of drug-likeness (QED) is 0.412. The van der Waals surface area contributed by atoms with E-state index < -0.39 is 0 Å². The number of nitrogens with zero attached hydrogens (tertiary/aromatic N) is 1. The van der Waals surface area contributed by atoms with Crippen LogP contribution in [-0.4, -0.2) is 18.8 Å². The smallest absolute Gasteiger partial charge is 0.226 e. The molecule has 0 spiro atoms. The molecule has 0 fully saturated rings. The second kappa shape index (κ2) is 2.08. The molecule has 8 heavy (non-hydrogen) atoms. The Labute approximate surface area is 51.1 Å². The van der Waals surface area contributed by atoms with Crippen LogP contribution in [0.3, 0.4) is 0 Å². The maximum atomic E-state index is 5.47. The Bertz CT molecular complexity index is 112. The van der Waals surface area contributed by atoms with Crippen molar-refractivity contribution in [3.8, 4) is 0 Å². The van der Waals surface area contributed by atoms with Gasteiger partial charge in [0.05, 0.1) is 0 Å². The average Bonchev–Trinajstić information content (AvgIpc) is 1.77. The molecule has 0 saturated carbocycles. The molecule has 0 aromatic carbocycles. The van der Waals surface area contributed by atoms with Crippen molar-refractivity contribution in [3.05, 3.63) is 24.4 Å². The third kappa shape index (κ3) is 0.943. The Morgan fingerprint density at radius 1 is 1.50 bits per heavy atom.